The van der Waals surface area contributed by atoms with Crippen molar-refractivity contribution in [1.29, 1.82) is 0 Å². The van der Waals surface area contributed by atoms with Crippen molar-refractivity contribution in [1.82, 2.24) is 4.72 Å². The first kappa shape index (κ1) is 15.5. The monoisotopic (exact) mass is 285 g/mol. The molecule has 0 spiro atoms. The molecule has 0 saturated carbocycles. The molecule has 1 aromatic carbocycles. The van der Waals surface area contributed by atoms with E-state index in [2.05, 4.69) is 11.3 Å². The molecule has 1 aromatic rings. The zero-order valence-electron chi connectivity index (χ0n) is 11.2. The number of hydrogen-bond acceptors (Lipinski definition) is 4. The number of hydrogen-bond donors (Lipinski definition) is 1. The van der Waals surface area contributed by atoms with Crippen LogP contribution in [0, 0.1) is 0 Å². The fourth-order valence-corrected chi connectivity index (χ4v) is 2.57. The minimum absolute atomic E-state index is 0.0241. The van der Waals surface area contributed by atoms with Crippen LogP contribution in [0.15, 0.2) is 30.9 Å². The summed E-state index contributed by atoms with van der Waals surface area (Å²) < 4.78 is 36.0. The second-order valence-electron chi connectivity index (χ2n) is 3.90. The summed E-state index contributed by atoms with van der Waals surface area (Å²) in [6.07, 6.45) is 1.92. The predicted molar refractivity (Wildman–Crippen MR) is 75.2 cm³/mol. The third-order valence-electron chi connectivity index (χ3n) is 2.56. The molecule has 1 N–H and O–H groups in total. The molecule has 0 atom stereocenters. The van der Waals surface area contributed by atoms with Crippen molar-refractivity contribution in [2.24, 2.45) is 0 Å². The summed E-state index contributed by atoms with van der Waals surface area (Å²) in [6.45, 7) is 3.71. The second kappa shape index (κ2) is 7.16. The van der Waals surface area contributed by atoms with Crippen molar-refractivity contribution < 1.29 is 17.9 Å². The Hall–Kier alpha value is -1.53. The topological polar surface area (TPSA) is 64.6 Å². The van der Waals surface area contributed by atoms with Gasteiger partial charge in [0.25, 0.3) is 0 Å². The van der Waals surface area contributed by atoms with Gasteiger partial charge in [0.1, 0.15) is 0 Å². The van der Waals surface area contributed by atoms with Gasteiger partial charge in [0.05, 0.1) is 20.0 Å². The van der Waals surface area contributed by atoms with Crippen molar-refractivity contribution in [2.75, 3.05) is 26.5 Å². The molecule has 19 heavy (non-hydrogen) atoms. The molecule has 0 aliphatic heterocycles. The molecule has 0 amide bonds. The molecule has 0 unspecified atom stereocenters. The summed E-state index contributed by atoms with van der Waals surface area (Å²) in [5, 5.41) is 0. The van der Waals surface area contributed by atoms with Crippen LogP contribution in [0.3, 0.4) is 0 Å². The van der Waals surface area contributed by atoms with Crippen LogP contribution in [0.25, 0.3) is 0 Å². The van der Waals surface area contributed by atoms with Crippen molar-refractivity contribution >= 4 is 10.0 Å². The maximum absolute atomic E-state index is 11.6. The third kappa shape index (κ3) is 4.92. The number of benzene rings is 1. The van der Waals surface area contributed by atoms with Gasteiger partial charge in [0, 0.05) is 6.54 Å². The number of nitrogens with one attached hydrogen (secondary N) is 1. The molecule has 0 fully saturated rings. The zero-order valence-corrected chi connectivity index (χ0v) is 12.0. The smallest absolute Gasteiger partial charge is 0.212 e. The highest BCUT2D eigenvalue weighted by Gasteiger charge is 2.10. The maximum Gasteiger partial charge on any atom is 0.212 e. The summed E-state index contributed by atoms with van der Waals surface area (Å²) in [4.78, 5) is 0. The minimum atomic E-state index is -3.27. The summed E-state index contributed by atoms with van der Waals surface area (Å²) >= 11 is 0. The lowest BCUT2D eigenvalue weighted by Gasteiger charge is -2.10. The molecular formula is C13H19NO4S. The van der Waals surface area contributed by atoms with Gasteiger partial charge in [-0.2, -0.15) is 0 Å². The fourth-order valence-electron chi connectivity index (χ4n) is 1.55. The highest BCUT2D eigenvalue weighted by atomic mass is 32.2. The second-order valence-corrected chi connectivity index (χ2v) is 5.82. The molecule has 0 bridgehead atoms. The van der Waals surface area contributed by atoms with E-state index in [1.165, 1.54) is 6.08 Å². The first-order chi connectivity index (χ1) is 9.02. The van der Waals surface area contributed by atoms with E-state index in [-0.39, 0.29) is 12.3 Å². The molecule has 0 aliphatic rings. The zero-order chi connectivity index (χ0) is 14.3. The molecule has 1 rings (SSSR count). The van der Waals surface area contributed by atoms with E-state index in [1.807, 2.05) is 6.07 Å². The normalized spacial score (nSPS) is 11.1. The van der Waals surface area contributed by atoms with E-state index in [4.69, 9.17) is 9.47 Å². The van der Waals surface area contributed by atoms with Crippen molar-refractivity contribution in [3.8, 4) is 11.5 Å². The Kier molecular flexibility index (Phi) is 5.85. The molecular weight excluding hydrogens is 266 g/mol. The maximum atomic E-state index is 11.6. The van der Waals surface area contributed by atoms with E-state index in [1.54, 1.807) is 26.4 Å². The lowest BCUT2D eigenvalue weighted by atomic mass is 10.1. The average molecular weight is 285 g/mol. The van der Waals surface area contributed by atoms with Crippen molar-refractivity contribution in [3.05, 3.63) is 36.4 Å². The average Bonchev–Trinajstić information content (AvgIpc) is 2.42. The lowest BCUT2D eigenvalue weighted by molar-refractivity contribution is 0.354. The minimum Gasteiger partial charge on any atom is -0.493 e. The van der Waals surface area contributed by atoms with Gasteiger partial charge in [-0.05, 0) is 24.1 Å². The largest absolute Gasteiger partial charge is 0.493 e. The Morgan fingerprint density at radius 2 is 1.95 bits per heavy atom. The summed E-state index contributed by atoms with van der Waals surface area (Å²) in [6, 6.07) is 5.37. The number of rotatable bonds is 8. The number of ether oxygens (including phenoxy) is 2. The van der Waals surface area contributed by atoms with Crippen molar-refractivity contribution in [3.63, 3.8) is 0 Å². The van der Waals surface area contributed by atoms with E-state index >= 15 is 0 Å². The predicted octanol–water partition coefficient (Wildman–Crippen LogP) is 1.35. The van der Waals surface area contributed by atoms with Crippen LogP contribution in [0.5, 0.6) is 11.5 Å². The Morgan fingerprint density at radius 1 is 1.26 bits per heavy atom. The van der Waals surface area contributed by atoms with Gasteiger partial charge in [0.2, 0.25) is 10.0 Å². The summed E-state index contributed by atoms with van der Waals surface area (Å²) in [7, 11) is -0.168. The highest BCUT2D eigenvalue weighted by Crippen LogP contribution is 2.27. The number of aryl methyl sites for hydroxylation is 1. The van der Waals surface area contributed by atoms with Crippen LogP contribution < -0.4 is 14.2 Å². The lowest BCUT2D eigenvalue weighted by Crippen LogP contribution is -2.27. The molecule has 5 nitrogen and oxygen atoms in total. The Labute approximate surface area is 114 Å². The molecule has 0 saturated heterocycles. The van der Waals surface area contributed by atoms with E-state index in [9.17, 15) is 8.42 Å². The molecule has 0 heterocycles. The molecule has 0 aromatic heterocycles. The Morgan fingerprint density at radius 3 is 2.53 bits per heavy atom. The fraction of sp³-hybridized carbons (Fsp3) is 0.385. The van der Waals surface area contributed by atoms with E-state index in [0.717, 1.165) is 5.56 Å². The van der Waals surface area contributed by atoms with E-state index in [0.29, 0.717) is 17.9 Å². The van der Waals surface area contributed by atoms with Gasteiger partial charge in [-0.15, -0.1) is 6.58 Å². The van der Waals surface area contributed by atoms with Crippen LogP contribution >= 0.6 is 0 Å². The highest BCUT2D eigenvalue weighted by molar-refractivity contribution is 7.89. The van der Waals surface area contributed by atoms with Crippen molar-refractivity contribution in [2.45, 2.75) is 6.42 Å². The molecule has 0 radical (unpaired) electrons. The summed E-state index contributed by atoms with van der Waals surface area (Å²) in [5.74, 6) is 1.24. The van der Waals surface area contributed by atoms with Crippen LogP contribution in [-0.4, -0.2) is 34.9 Å². The SMILES string of the molecule is C=CCNS(=O)(=O)CCc1ccc(OC)c(OC)c1. The van der Waals surface area contributed by atoms with Crippen LogP contribution in [0.2, 0.25) is 0 Å². The molecule has 106 valence electrons. The first-order valence-electron chi connectivity index (χ1n) is 5.81. The van der Waals surface area contributed by atoms with Gasteiger partial charge in [-0.1, -0.05) is 12.1 Å². The standard InChI is InChI=1S/C13H19NO4S/c1-4-8-14-19(15,16)9-7-11-5-6-12(17-2)13(10-11)18-3/h4-6,10,14H,1,7-9H2,2-3H3. The van der Waals surface area contributed by atoms with Crippen LogP contribution in [0.4, 0.5) is 0 Å². The van der Waals surface area contributed by atoms with Crippen LogP contribution in [0.1, 0.15) is 5.56 Å². The third-order valence-corrected chi connectivity index (χ3v) is 3.90. The van der Waals surface area contributed by atoms with Gasteiger partial charge < -0.3 is 9.47 Å². The Balaban J connectivity index is 2.70. The number of methoxy groups -OCH3 is 2. The number of sulfonamides is 1. The quantitative estimate of drug-likeness (QED) is 0.732. The van der Waals surface area contributed by atoms with Gasteiger partial charge in [0.15, 0.2) is 11.5 Å². The molecule has 6 heteroatoms. The van der Waals surface area contributed by atoms with E-state index < -0.39 is 10.0 Å². The van der Waals surface area contributed by atoms with Gasteiger partial charge in [-0.3, -0.25) is 0 Å². The molecule has 0 aliphatic carbocycles. The van der Waals surface area contributed by atoms with Gasteiger partial charge in [-0.25, -0.2) is 13.1 Å². The van der Waals surface area contributed by atoms with Crippen LogP contribution in [-0.2, 0) is 16.4 Å². The summed E-state index contributed by atoms with van der Waals surface area (Å²) in [5.41, 5.74) is 0.877. The van der Waals surface area contributed by atoms with Gasteiger partial charge >= 0.3 is 0 Å². The first-order valence-corrected chi connectivity index (χ1v) is 7.46. The Bertz CT molecular complexity index is 525.